The van der Waals surface area contributed by atoms with Crippen LogP contribution in [-0.2, 0) is 4.79 Å². The van der Waals surface area contributed by atoms with Crippen molar-refractivity contribution in [3.8, 4) is 0 Å². The molecule has 0 bridgehead atoms. The lowest BCUT2D eigenvalue weighted by Crippen LogP contribution is -2.31. The molecule has 0 aromatic heterocycles. The van der Waals surface area contributed by atoms with Crippen LogP contribution in [0.25, 0.3) is 0 Å². The van der Waals surface area contributed by atoms with Crippen LogP contribution in [0.4, 0.5) is 15.8 Å². The molecule has 104 valence electrons. The molecule has 0 saturated carbocycles. The quantitative estimate of drug-likeness (QED) is 0.469. The molecule has 0 atom stereocenters. The first-order valence-electron chi connectivity index (χ1n) is 5.87. The first kappa shape index (κ1) is 14.9. The molecule has 7 heteroatoms. The standard InChI is InChI=1S/C12H16FN3O3/c1-8(2)12(17)15-6-5-14-10-7-9(13)3-4-11(10)16(18)19/h3-4,7-8,14H,5-6H2,1-2H3,(H,15,17). The average molecular weight is 269 g/mol. The number of amides is 1. The highest BCUT2D eigenvalue weighted by molar-refractivity contribution is 5.77. The molecule has 0 spiro atoms. The first-order chi connectivity index (χ1) is 8.91. The summed E-state index contributed by atoms with van der Waals surface area (Å²) >= 11 is 0. The van der Waals surface area contributed by atoms with Crippen molar-refractivity contribution in [1.29, 1.82) is 0 Å². The van der Waals surface area contributed by atoms with E-state index in [1.165, 1.54) is 0 Å². The Morgan fingerprint density at radius 2 is 2.11 bits per heavy atom. The minimum absolute atomic E-state index is 0.101. The van der Waals surface area contributed by atoms with Crippen molar-refractivity contribution < 1.29 is 14.1 Å². The van der Waals surface area contributed by atoms with E-state index in [1.54, 1.807) is 13.8 Å². The SMILES string of the molecule is CC(C)C(=O)NCCNc1cc(F)ccc1[N+](=O)[O-]. The smallest absolute Gasteiger partial charge is 0.292 e. The summed E-state index contributed by atoms with van der Waals surface area (Å²) in [7, 11) is 0. The highest BCUT2D eigenvalue weighted by Crippen LogP contribution is 2.24. The van der Waals surface area contributed by atoms with E-state index in [1.807, 2.05) is 0 Å². The van der Waals surface area contributed by atoms with Gasteiger partial charge in [-0.3, -0.25) is 14.9 Å². The normalized spacial score (nSPS) is 10.3. The monoisotopic (exact) mass is 269 g/mol. The van der Waals surface area contributed by atoms with E-state index >= 15 is 0 Å². The van der Waals surface area contributed by atoms with Gasteiger partial charge >= 0.3 is 0 Å². The van der Waals surface area contributed by atoms with E-state index in [4.69, 9.17) is 0 Å². The fraction of sp³-hybridized carbons (Fsp3) is 0.417. The maximum Gasteiger partial charge on any atom is 0.292 e. The topological polar surface area (TPSA) is 84.3 Å². The third-order valence-electron chi connectivity index (χ3n) is 2.42. The number of carbonyl (C=O) groups is 1. The van der Waals surface area contributed by atoms with Crippen molar-refractivity contribution in [2.45, 2.75) is 13.8 Å². The lowest BCUT2D eigenvalue weighted by Gasteiger charge is -2.09. The van der Waals surface area contributed by atoms with Crippen molar-refractivity contribution in [3.63, 3.8) is 0 Å². The second kappa shape index (κ2) is 6.67. The van der Waals surface area contributed by atoms with E-state index in [9.17, 15) is 19.3 Å². The molecule has 0 saturated heterocycles. The van der Waals surface area contributed by atoms with Crippen molar-refractivity contribution >= 4 is 17.3 Å². The summed E-state index contributed by atoms with van der Waals surface area (Å²) in [4.78, 5) is 21.4. The average Bonchev–Trinajstić information content (AvgIpc) is 2.33. The molecule has 0 fully saturated rings. The molecule has 1 amide bonds. The number of rotatable bonds is 6. The lowest BCUT2D eigenvalue weighted by atomic mass is 10.2. The number of halogens is 1. The molecule has 0 radical (unpaired) electrons. The fourth-order valence-electron chi connectivity index (χ4n) is 1.40. The number of benzene rings is 1. The Labute approximate surface area is 110 Å². The Bertz CT molecular complexity index is 477. The van der Waals surface area contributed by atoms with Crippen molar-refractivity contribution in [2.24, 2.45) is 5.92 Å². The van der Waals surface area contributed by atoms with Crippen LogP contribution in [-0.4, -0.2) is 23.9 Å². The van der Waals surface area contributed by atoms with Gasteiger partial charge < -0.3 is 10.6 Å². The summed E-state index contributed by atoms with van der Waals surface area (Å²) in [6.07, 6.45) is 0. The molecule has 0 heterocycles. The number of anilines is 1. The van der Waals surface area contributed by atoms with Gasteiger partial charge in [0.2, 0.25) is 5.91 Å². The molecule has 0 aliphatic heterocycles. The van der Waals surface area contributed by atoms with Gasteiger partial charge in [-0.25, -0.2) is 4.39 Å². The largest absolute Gasteiger partial charge is 0.378 e. The maximum atomic E-state index is 13.0. The Kier molecular flexibility index (Phi) is 5.23. The van der Waals surface area contributed by atoms with E-state index in [2.05, 4.69) is 10.6 Å². The minimum Gasteiger partial charge on any atom is -0.378 e. The van der Waals surface area contributed by atoms with Crippen molar-refractivity contribution in [3.05, 3.63) is 34.1 Å². The molecule has 2 N–H and O–H groups in total. The summed E-state index contributed by atoms with van der Waals surface area (Å²) in [6.45, 7) is 4.12. The van der Waals surface area contributed by atoms with Crippen LogP contribution >= 0.6 is 0 Å². The summed E-state index contributed by atoms with van der Waals surface area (Å²) in [5, 5.41) is 16.1. The molecule has 6 nitrogen and oxygen atoms in total. The van der Waals surface area contributed by atoms with Crippen LogP contribution < -0.4 is 10.6 Å². The number of nitrogens with zero attached hydrogens (tertiary/aromatic N) is 1. The summed E-state index contributed by atoms with van der Waals surface area (Å²) < 4.78 is 13.0. The first-order valence-corrected chi connectivity index (χ1v) is 5.87. The predicted molar refractivity (Wildman–Crippen MR) is 69.4 cm³/mol. The van der Waals surface area contributed by atoms with Gasteiger partial charge in [-0.2, -0.15) is 0 Å². The number of nitro benzene ring substituents is 1. The van der Waals surface area contributed by atoms with E-state index < -0.39 is 10.7 Å². The van der Waals surface area contributed by atoms with Crippen LogP contribution in [0.3, 0.4) is 0 Å². The number of hydrogen-bond donors (Lipinski definition) is 2. The molecular weight excluding hydrogens is 253 g/mol. The molecule has 1 aromatic rings. The van der Waals surface area contributed by atoms with Gasteiger partial charge in [-0.15, -0.1) is 0 Å². The summed E-state index contributed by atoms with van der Waals surface area (Å²) in [5.74, 6) is -0.779. The molecular formula is C12H16FN3O3. The van der Waals surface area contributed by atoms with Crippen molar-refractivity contribution in [1.82, 2.24) is 5.32 Å². The molecule has 19 heavy (non-hydrogen) atoms. The maximum absolute atomic E-state index is 13.0. The van der Waals surface area contributed by atoms with Crippen LogP contribution in [0.1, 0.15) is 13.8 Å². The fourth-order valence-corrected chi connectivity index (χ4v) is 1.40. The van der Waals surface area contributed by atoms with Crippen LogP contribution in [0, 0.1) is 21.8 Å². The second-order valence-electron chi connectivity index (χ2n) is 4.29. The molecule has 0 aliphatic carbocycles. The number of nitrogens with one attached hydrogen (secondary N) is 2. The van der Waals surface area contributed by atoms with Gasteiger partial charge in [0.15, 0.2) is 0 Å². The Morgan fingerprint density at radius 1 is 1.42 bits per heavy atom. The molecule has 1 aromatic carbocycles. The zero-order valence-electron chi connectivity index (χ0n) is 10.8. The summed E-state index contributed by atoms with van der Waals surface area (Å²) in [5.41, 5.74) is -0.0969. The van der Waals surface area contributed by atoms with Gasteiger partial charge in [0.05, 0.1) is 4.92 Å². The molecule has 0 unspecified atom stereocenters. The van der Waals surface area contributed by atoms with Crippen molar-refractivity contribution in [2.75, 3.05) is 18.4 Å². The number of carbonyl (C=O) groups excluding carboxylic acids is 1. The number of nitro groups is 1. The lowest BCUT2D eigenvalue weighted by molar-refractivity contribution is -0.384. The Balaban J connectivity index is 2.55. The second-order valence-corrected chi connectivity index (χ2v) is 4.29. The van der Waals surface area contributed by atoms with E-state index in [-0.39, 0.29) is 29.7 Å². The Morgan fingerprint density at radius 3 is 2.68 bits per heavy atom. The Hall–Kier alpha value is -2.18. The van der Waals surface area contributed by atoms with Crippen LogP contribution in [0.5, 0.6) is 0 Å². The van der Waals surface area contributed by atoms with Gasteiger partial charge in [0.25, 0.3) is 5.69 Å². The van der Waals surface area contributed by atoms with Crippen LogP contribution in [0.2, 0.25) is 0 Å². The zero-order valence-corrected chi connectivity index (χ0v) is 10.8. The third-order valence-corrected chi connectivity index (χ3v) is 2.42. The highest BCUT2D eigenvalue weighted by atomic mass is 19.1. The highest BCUT2D eigenvalue weighted by Gasteiger charge is 2.14. The van der Waals surface area contributed by atoms with Gasteiger partial charge in [0.1, 0.15) is 11.5 Å². The van der Waals surface area contributed by atoms with Gasteiger partial charge in [-0.1, -0.05) is 13.8 Å². The molecule has 0 aliphatic rings. The van der Waals surface area contributed by atoms with Crippen LogP contribution in [0.15, 0.2) is 18.2 Å². The predicted octanol–water partition coefficient (Wildman–Crippen LogP) is 1.92. The zero-order chi connectivity index (χ0) is 14.4. The van der Waals surface area contributed by atoms with E-state index in [0.29, 0.717) is 6.54 Å². The molecule has 1 rings (SSSR count). The third kappa shape index (κ3) is 4.53. The number of hydrogen-bond acceptors (Lipinski definition) is 4. The van der Waals surface area contributed by atoms with Gasteiger partial charge in [-0.05, 0) is 6.07 Å². The minimum atomic E-state index is -0.589. The van der Waals surface area contributed by atoms with Gasteiger partial charge in [0, 0.05) is 31.1 Å². The summed E-state index contributed by atoms with van der Waals surface area (Å²) in [6, 6.07) is 3.19. The van der Waals surface area contributed by atoms with E-state index in [0.717, 1.165) is 18.2 Å².